The Labute approximate surface area is 135 Å². The molecule has 0 atom stereocenters. The minimum absolute atomic E-state index is 0.333. The van der Waals surface area contributed by atoms with Crippen molar-refractivity contribution in [3.8, 4) is 0 Å². The molecule has 1 aromatic carbocycles. The lowest BCUT2D eigenvalue weighted by Crippen LogP contribution is -2.41. The van der Waals surface area contributed by atoms with Crippen LogP contribution in [0.2, 0.25) is 0 Å². The van der Waals surface area contributed by atoms with E-state index in [0.717, 1.165) is 16.5 Å². The molecule has 0 bridgehead atoms. The van der Waals surface area contributed by atoms with Crippen molar-refractivity contribution in [1.29, 1.82) is 0 Å². The molecule has 0 saturated carbocycles. The number of hydrogen-bond donors (Lipinski definition) is 0. The van der Waals surface area contributed by atoms with Crippen LogP contribution in [0.1, 0.15) is 27.7 Å². The van der Waals surface area contributed by atoms with E-state index >= 15 is 0 Å². The number of benzene rings is 1. The van der Waals surface area contributed by atoms with Gasteiger partial charge in [0.15, 0.2) is 0 Å². The van der Waals surface area contributed by atoms with Crippen molar-refractivity contribution in [2.45, 2.75) is 38.9 Å². The molecular formula is C13H16BIN2O2S. The molecule has 4 nitrogen and oxygen atoms in total. The fourth-order valence-electron chi connectivity index (χ4n) is 2.25. The van der Waals surface area contributed by atoms with Crippen LogP contribution < -0.4 is 5.46 Å². The zero-order chi connectivity index (χ0) is 14.5. The first-order chi connectivity index (χ1) is 9.36. The second kappa shape index (κ2) is 4.89. The summed E-state index contributed by atoms with van der Waals surface area (Å²) in [6.45, 7) is 8.25. The second-order valence-corrected chi connectivity index (χ2v) is 7.66. The lowest BCUT2D eigenvalue weighted by molar-refractivity contribution is 0.00578. The van der Waals surface area contributed by atoms with Gasteiger partial charge >= 0.3 is 7.12 Å². The molecule has 0 amide bonds. The van der Waals surface area contributed by atoms with Gasteiger partial charge in [-0.3, -0.25) is 3.97 Å². The molecule has 3 rings (SSSR count). The third kappa shape index (κ3) is 2.19. The van der Waals surface area contributed by atoms with E-state index in [1.54, 1.807) is 9.12 Å². The van der Waals surface area contributed by atoms with Crippen molar-refractivity contribution in [2.24, 2.45) is 0 Å². The van der Waals surface area contributed by atoms with Crippen LogP contribution >= 0.6 is 30.3 Å². The lowest BCUT2D eigenvalue weighted by Gasteiger charge is -2.32. The number of para-hydroxylation sites is 1. The summed E-state index contributed by atoms with van der Waals surface area (Å²) in [7, 11) is 1.23. The summed E-state index contributed by atoms with van der Waals surface area (Å²) in [5.74, 6) is 0. The Kier molecular flexibility index (Phi) is 3.59. The van der Waals surface area contributed by atoms with Gasteiger partial charge in [0.1, 0.15) is 6.33 Å². The van der Waals surface area contributed by atoms with Gasteiger partial charge in [-0.25, -0.2) is 4.98 Å². The highest BCUT2D eigenvalue weighted by Gasteiger charge is 2.52. The van der Waals surface area contributed by atoms with E-state index < -0.39 is 0 Å². The average molecular weight is 402 g/mol. The van der Waals surface area contributed by atoms with Crippen LogP contribution in [0.5, 0.6) is 0 Å². The number of hydrogen-bond acceptors (Lipinski definition) is 4. The van der Waals surface area contributed by atoms with Crippen molar-refractivity contribution in [3.05, 3.63) is 24.5 Å². The topological polar surface area (TPSA) is 36.3 Å². The molecule has 0 radical (unpaired) electrons. The number of nitrogens with zero attached hydrogens (tertiary/aromatic N) is 2. The predicted octanol–water partition coefficient (Wildman–Crippen LogP) is 3.18. The van der Waals surface area contributed by atoms with Crippen molar-refractivity contribution in [2.75, 3.05) is 0 Å². The highest BCUT2D eigenvalue weighted by atomic mass is 127. The Hall–Kier alpha value is -0.245. The van der Waals surface area contributed by atoms with E-state index in [9.17, 15) is 0 Å². The van der Waals surface area contributed by atoms with Crippen LogP contribution in [-0.2, 0) is 9.31 Å². The lowest BCUT2D eigenvalue weighted by atomic mass is 9.78. The average Bonchev–Trinajstić information content (AvgIpc) is 2.88. The number of halogens is 1. The van der Waals surface area contributed by atoms with Gasteiger partial charge in [0, 0.05) is 35.8 Å². The van der Waals surface area contributed by atoms with Gasteiger partial charge in [-0.05, 0) is 33.8 Å². The van der Waals surface area contributed by atoms with Crippen LogP contribution in [0.3, 0.4) is 0 Å². The van der Waals surface area contributed by atoms with Crippen molar-refractivity contribution in [3.63, 3.8) is 0 Å². The van der Waals surface area contributed by atoms with Crippen molar-refractivity contribution < 1.29 is 9.31 Å². The van der Waals surface area contributed by atoms with Crippen molar-refractivity contribution >= 4 is 53.9 Å². The minimum atomic E-state index is -0.369. The fraction of sp³-hybridized carbons (Fsp3) is 0.462. The Bertz CT molecular complexity index is 643. The Morgan fingerprint density at radius 2 is 1.85 bits per heavy atom. The third-order valence-corrected chi connectivity index (χ3v) is 5.87. The van der Waals surface area contributed by atoms with E-state index in [0.29, 0.717) is 0 Å². The quantitative estimate of drug-likeness (QED) is 0.572. The Morgan fingerprint density at radius 1 is 1.20 bits per heavy atom. The van der Waals surface area contributed by atoms with Gasteiger partial charge in [-0.2, -0.15) is 0 Å². The maximum atomic E-state index is 6.12. The molecule has 0 unspecified atom stereocenters. The summed E-state index contributed by atoms with van der Waals surface area (Å²) in [4.78, 5) is 4.51. The molecule has 7 heteroatoms. The first-order valence-electron chi connectivity index (χ1n) is 6.46. The van der Waals surface area contributed by atoms with Gasteiger partial charge in [0.05, 0.1) is 22.2 Å². The largest absolute Gasteiger partial charge is 0.497 e. The Balaban J connectivity index is 2.06. The highest BCUT2D eigenvalue weighted by Crippen LogP contribution is 2.37. The first kappa shape index (κ1) is 14.7. The zero-order valence-electron chi connectivity index (χ0n) is 11.9. The number of imidazole rings is 1. The van der Waals surface area contributed by atoms with E-state index in [4.69, 9.17) is 9.31 Å². The van der Waals surface area contributed by atoms with Gasteiger partial charge in [-0.1, -0.05) is 12.1 Å². The van der Waals surface area contributed by atoms with Gasteiger partial charge < -0.3 is 9.31 Å². The molecule has 20 heavy (non-hydrogen) atoms. The summed E-state index contributed by atoms with van der Waals surface area (Å²) >= 11 is 2.25. The normalized spacial score (nSPS) is 20.8. The van der Waals surface area contributed by atoms with Gasteiger partial charge in [0.2, 0.25) is 0 Å². The summed E-state index contributed by atoms with van der Waals surface area (Å²) in [5.41, 5.74) is 2.35. The predicted molar refractivity (Wildman–Crippen MR) is 92.5 cm³/mol. The van der Waals surface area contributed by atoms with E-state index in [2.05, 4.69) is 60.0 Å². The molecule has 0 aliphatic carbocycles. The van der Waals surface area contributed by atoms with Crippen LogP contribution in [0.25, 0.3) is 11.0 Å². The molecular weight excluding hydrogens is 386 g/mol. The molecule has 1 aliphatic rings. The van der Waals surface area contributed by atoms with Gasteiger partial charge in [0.25, 0.3) is 0 Å². The standard InChI is InChI=1S/C13H16BIN2O2S/c1-12(2)13(3,4)19-14(18-12)9-6-5-7-10-11(9)16-8-17(10)20-15/h5-8H,1-4H3. The molecule has 106 valence electrons. The number of aromatic nitrogens is 2. The van der Waals surface area contributed by atoms with E-state index in [1.165, 1.54) is 0 Å². The van der Waals surface area contributed by atoms with Gasteiger partial charge in [-0.15, -0.1) is 0 Å². The summed E-state index contributed by atoms with van der Waals surface area (Å²) in [6.07, 6.45) is 1.83. The zero-order valence-corrected chi connectivity index (χ0v) is 14.9. The molecule has 0 spiro atoms. The van der Waals surface area contributed by atoms with E-state index in [1.807, 2.05) is 22.4 Å². The highest BCUT2D eigenvalue weighted by molar-refractivity contribution is 14.2. The maximum absolute atomic E-state index is 6.12. The fourth-order valence-corrected chi connectivity index (χ4v) is 3.50. The van der Waals surface area contributed by atoms with E-state index in [-0.39, 0.29) is 18.3 Å². The van der Waals surface area contributed by atoms with Crippen LogP contribution in [0.15, 0.2) is 24.5 Å². The maximum Gasteiger partial charge on any atom is 0.497 e. The van der Waals surface area contributed by atoms with Crippen molar-refractivity contribution in [1.82, 2.24) is 8.96 Å². The first-order valence-corrected chi connectivity index (χ1v) is 9.78. The summed E-state index contributed by atoms with van der Waals surface area (Å²) in [6, 6.07) is 6.11. The number of fused-ring (bicyclic) bond motifs is 1. The number of rotatable bonds is 2. The molecule has 0 N–H and O–H groups in total. The summed E-state index contributed by atoms with van der Waals surface area (Å²) in [5, 5.41) is 0. The monoisotopic (exact) mass is 402 g/mol. The summed E-state index contributed by atoms with van der Waals surface area (Å²) < 4.78 is 14.3. The molecule has 2 heterocycles. The van der Waals surface area contributed by atoms with Crippen LogP contribution in [-0.4, -0.2) is 27.3 Å². The molecule has 2 aromatic rings. The molecule has 1 saturated heterocycles. The van der Waals surface area contributed by atoms with Crippen LogP contribution in [0.4, 0.5) is 0 Å². The smallest absolute Gasteiger partial charge is 0.399 e. The molecule has 1 aromatic heterocycles. The van der Waals surface area contributed by atoms with Crippen LogP contribution in [0, 0.1) is 0 Å². The minimum Gasteiger partial charge on any atom is -0.399 e. The molecule has 1 aliphatic heterocycles. The second-order valence-electron chi connectivity index (χ2n) is 5.94. The Morgan fingerprint density at radius 3 is 2.45 bits per heavy atom. The molecule has 1 fully saturated rings. The SMILES string of the molecule is CC1(C)OB(c2cccc3c2ncn3SI)OC1(C)C. The third-order valence-electron chi connectivity index (χ3n) is 4.16.